The molecule has 1 N–H and O–H groups in total. The van der Waals surface area contributed by atoms with Crippen molar-refractivity contribution >= 4 is 0 Å². The van der Waals surface area contributed by atoms with Crippen molar-refractivity contribution in [2.45, 2.75) is 44.9 Å². The van der Waals surface area contributed by atoms with Gasteiger partial charge in [0.25, 0.3) is 0 Å². The van der Waals surface area contributed by atoms with E-state index in [1.807, 2.05) is 0 Å². The van der Waals surface area contributed by atoms with Gasteiger partial charge in [-0.25, -0.2) is 0 Å². The van der Waals surface area contributed by atoms with Crippen LogP contribution < -0.4 is 5.32 Å². The molecular formula is C11H22N2O. The highest BCUT2D eigenvalue weighted by atomic mass is 16.5. The highest BCUT2D eigenvalue weighted by molar-refractivity contribution is 4.95. The first-order chi connectivity index (χ1) is 6.38. The van der Waals surface area contributed by atoms with Gasteiger partial charge in [-0.3, -0.25) is 4.90 Å². The third kappa shape index (κ3) is 2.10. The quantitative estimate of drug-likeness (QED) is 0.676. The summed E-state index contributed by atoms with van der Waals surface area (Å²) in [5, 5.41) is 3.33. The first kappa shape index (κ1) is 10.4. The highest BCUT2D eigenvalue weighted by Crippen LogP contribution is 2.29. The van der Waals surface area contributed by atoms with Gasteiger partial charge in [0.15, 0.2) is 0 Å². The van der Waals surface area contributed by atoms with Gasteiger partial charge in [-0.2, -0.15) is 0 Å². The van der Waals surface area contributed by atoms with Crippen LogP contribution in [0.25, 0.3) is 0 Å². The minimum absolute atomic E-state index is 0.00264. The van der Waals surface area contributed by atoms with Gasteiger partial charge in [-0.05, 0) is 27.7 Å². The van der Waals surface area contributed by atoms with Crippen LogP contribution in [-0.4, -0.2) is 48.3 Å². The second-order valence-electron chi connectivity index (χ2n) is 5.84. The molecule has 0 atom stereocenters. The maximum atomic E-state index is 6.05. The molecule has 2 rings (SSSR count). The first-order valence-electron chi connectivity index (χ1n) is 5.53. The summed E-state index contributed by atoms with van der Waals surface area (Å²) in [7, 11) is 0. The normalized spacial score (nSPS) is 32.6. The van der Waals surface area contributed by atoms with Gasteiger partial charge in [0, 0.05) is 32.2 Å². The van der Waals surface area contributed by atoms with Crippen molar-refractivity contribution in [3.63, 3.8) is 0 Å². The van der Waals surface area contributed by atoms with Gasteiger partial charge in [-0.15, -0.1) is 0 Å². The van der Waals surface area contributed by atoms with Crippen molar-refractivity contribution < 1.29 is 4.74 Å². The molecule has 2 aliphatic heterocycles. The minimum atomic E-state index is -0.00264. The second kappa shape index (κ2) is 3.19. The zero-order valence-electron chi connectivity index (χ0n) is 9.76. The standard InChI is InChI=1S/C11H22N2O/c1-10(2)7-13(9-5-12-6-9)8-11(3,4)14-10/h9,12H,5-8H2,1-4H3. The van der Waals surface area contributed by atoms with E-state index < -0.39 is 0 Å². The Labute approximate surface area is 86.8 Å². The summed E-state index contributed by atoms with van der Waals surface area (Å²) in [5.41, 5.74) is -0.00528. The smallest absolute Gasteiger partial charge is 0.0760 e. The van der Waals surface area contributed by atoms with Crippen LogP contribution >= 0.6 is 0 Å². The van der Waals surface area contributed by atoms with Crippen molar-refractivity contribution in [1.82, 2.24) is 10.2 Å². The third-order valence-corrected chi connectivity index (χ3v) is 3.00. The summed E-state index contributed by atoms with van der Waals surface area (Å²) in [6.45, 7) is 13.2. The fourth-order valence-electron chi connectivity index (χ4n) is 2.64. The van der Waals surface area contributed by atoms with E-state index in [1.54, 1.807) is 0 Å². The summed E-state index contributed by atoms with van der Waals surface area (Å²) < 4.78 is 6.05. The fraction of sp³-hybridized carbons (Fsp3) is 1.00. The Morgan fingerprint density at radius 1 is 1.07 bits per heavy atom. The fourth-order valence-corrected chi connectivity index (χ4v) is 2.64. The molecule has 2 heterocycles. The Morgan fingerprint density at radius 3 is 1.93 bits per heavy atom. The van der Waals surface area contributed by atoms with Crippen molar-refractivity contribution in [3.05, 3.63) is 0 Å². The average molecular weight is 198 g/mol. The van der Waals surface area contributed by atoms with Crippen LogP contribution in [0.1, 0.15) is 27.7 Å². The lowest BCUT2D eigenvalue weighted by Crippen LogP contribution is -2.66. The molecule has 0 aromatic heterocycles. The van der Waals surface area contributed by atoms with Crippen LogP contribution in [0.5, 0.6) is 0 Å². The number of hydrogen-bond donors (Lipinski definition) is 1. The molecule has 0 bridgehead atoms. The summed E-state index contributed by atoms with van der Waals surface area (Å²) in [4.78, 5) is 2.57. The summed E-state index contributed by atoms with van der Waals surface area (Å²) in [5.74, 6) is 0. The zero-order chi connectivity index (χ0) is 10.4. The van der Waals surface area contributed by atoms with E-state index in [9.17, 15) is 0 Å². The summed E-state index contributed by atoms with van der Waals surface area (Å²) in [6.07, 6.45) is 0. The van der Waals surface area contributed by atoms with Gasteiger partial charge < -0.3 is 10.1 Å². The molecule has 2 aliphatic rings. The van der Waals surface area contributed by atoms with Gasteiger partial charge in [-0.1, -0.05) is 0 Å². The lowest BCUT2D eigenvalue weighted by molar-refractivity contribution is -0.190. The molecule has 0 spiro atoms. The Hall–Kier alpha value is -0.120. The molecule has 0 radical (unpaired) electrons. The van der Waals surface area contributed by atoms with E-state index >= 15 is 0 Å². The second-order valence-corrected chi connectivity index (χ2v) is 5.84. The van der Waals surface area contributed by atoms with Gasteiger partial charge >= 0.3 is 0 Å². The maximum absolute atomic E-state index is 6.05. The van der Waals surface area contributed by atoms with E-state index in [0.717, 1.165) is 32.2 Å². The molecule has 2 saturated heterocycles. The van der Waals surface area contributed by atoms with E-state index in [0.29, 0.717) is 0 Å². The Bertz CT molecular complexity index is 205. The minimum Gasteiger partial charge on any atom is -0.367 e. The Balaban J connectivity index is 2.04. The molecule has 3 nitrogen and oxygen atoms in total. The number of morpholine rings is 1. The van der Waals surface area contributed by atoms with Crippen LogP contribution in [-0.2, 0) is 4.74 Å². The molecular weight excluding hydrogens is 176 g/mol. The van der Waals surface area contributed by atoms with Crippen molar-refractivity contribution in [2.75, 3.05) is 26.2 Å². The molecule has 0 saturated carbocycles. The van der Waals surface area contributed by atoms with Crippen LogP contribution in [0.2, 0.25) is 0 Å². The van der Waals surface area contributed by atoms with Crippen LogP contribution in [0, 0.1) is 0 Å². The first-order valence-corrected chi connectivity index (χ1v) is 5.53. The monoisotopic (exact) mass is 198 g/mol. The van der Waals surface area contributed by atoms with E-state index in [4.69, 9.17) is 4.74 Å². The van der Waals surface area contributed by atoms with Crippen LogP contribution in [0.4, 0.5) is 0 Å². The Morgan fingerprint density at radius 2 is 1.57 bits per heavy atom. The molecule has 82 valence electrons. The number of hydrogen-bond acceptors (Lipinski definition) is 3. The summed E-state index contributed by atoms with van der Waals surface area (Å²) in [6, 6.07) is 0.734. The van der Waals surface area contributed by atoms with Gasteiger partial charge in [0.2, 0.25) is 0 Å². The molecule has 0 aromatic rings. The molecule has 0 unspecified atom stereocenters. The van der Waals surface area contributed by atoms with Gasteiger partial charge in [0.05, 0.1) is 11.2 Å². The number of ether oxygens (including phenoxy) is 1. The molecule has 0 aliphatic carbocycles. The average Bonchev–Trinajstić information content (AvgIpc) is 1.72. The predicted molar refractivity (Wildman–Crippen MR) is 57.5 cm³/mol. The van der Waals surface area contributed by atoms with E-state index in [1.165, 1.54) is 0 Å². The van der Waals surface area contributed by atoms with Crippen molar-refractivity contribution in [1.29, 1.82) is 0 Å². The Kier molecular flexibility index (Phi) is 2.37. The SMILES string of the molecule is CC1(C)CN(C2CNC2)CC(C)(C)O1. The molecule has 0 aromatic carbocycles. The molecule has 3 heteroatoms. The predicted octanol–water partition coefficient (Wildman–Crippen LogP) is 0.848. The molecule has 2 fully saturated rings. The lowest BCUT2D eigenvalue weighted by Gasteiger charge is -2.51. The maximum Gasteiger partial charge on any atom is 0.0760 e. The highest BCUT2D eigenvalue weighted by Gasteiger charge is 2.41. The molecule has 0 amide bonds. The van der Waals surface area contributed by atoms with Crippen molar-refractivity contribution in [3.8, 4) is 0 Å². The number of nitrogens with zero attached hydrogens (tertiary/aromatic N) is 1. The topological polar surface area (TPSA) is 24.5 Å². The number of rotatable bonds is 1. The van der Waals surface area contributed by atoms with E-state index in [-0.39, 0.29) is 11.2 Å². The third-order valence-electron chi connectivity index (χ3n) is 3.00. The van der Waals surface area contributed by atoms with Crippen LogP contribution in [0.3, 0.4) is 0 Å². The van der Waals surface area contributed by atoms with E-state index in [2.05, 4.69) is 37.9 Å². The lowest BCUT2D eigenvalue weighted by atomic mass is 9.96. The summed E-state index contributed by atoms with van der Waals surface area (Å²) >= 11 is 0. The van der Waals surface area contributed by atoms with Crippen molar-refractivity contribution in [2.24, 2.45) is 0 Å². The largest absolute Gasteiger partial charge is 0.367 e. The number of nitrogens with one attached hydrogen (secondary N) is 1. The molecule has 14 heavy (non-hydrogen) atoms. The van der Waals surface area contributed by atoms with Gasteiger partial charge in [0.1, 0.15) is 0 Å². The zero-order valence-corrected chi connectivity index (χ0v) is 9.76. The van der Waals surface area contributed by atoms with Crippen LogP contribution in [0.15, 0.2) is 0 Å².